The number of amides is 2. The molecule has 0 saturated heterocycles. The minimum Gasteiger partial charge on any atom is -0.392 e. The van der Waals surface area contributed by atoms with E-state index in [0.717, 1.165) is 0 Å². The van der Waals surface area contributed by atoms with E-state index in [0.29, 0.717) is 11.3 Å². The molecule has 3 rings (SSSR count). The second kappa shape index (κ2) is 7.77. The van der Waals surface area contributed by atoms with Gasteiger partial charge in [0.15, 0.2) is 23.3 Å². The molecular weight excluding hydrogens is 382 g/mol. The number of nitrogens with zero attached hydrogens (tertiary/aromatic N) is 2. The normalized spacial score (nSPS) is 14.1. The molecule has 10 heteroatoms. The molecule has 0 bridgehead atoms. The van der Waals surface area contributed by atoms with E-state index in [2.05, 4.69) is 10.4 Å². The molecule has 0 spiro atoms. The van der Waals surface area contributed by atoms with Gasteiger partial charge >= 0.3 is 0 Å². The highest BCUT2D eigenvalue weighted by atomic mass is 19.2. The number of hydrazone groups is 1. The Hall–Kier alpha value is -3.27. The summed E-state index contributed by atoms with van der Waals surface area (Å²) in [4.78, 5) is 24.4. The summed E-state index contributed by atoms with van der Waals surface area (Å²) in [6.45, 7) is -0.253. The molecule has 0 unspecified atom stereocenters. The fourth-order valence-corrected chi connectivity index (χ4v) is 2.59. The third kappa shape index (κ3) is 3.72. The molecule has 0 fully saturated rings. The smallest absolute Gasteiger partial charge is 0.271 e. The van der Waals surface area contributed by atoms with Crippen LogP contribution in [0, 0.1) is 23.3 Å². The predicted octanol–water partition coefficient (Wildman–Crippen LogP) is 2.86. The number of carbonyl (C=O) groups excluding carboxylic acids is 2. The lowest BCUT2D eigenvalue weighted by Crippen LogP contribution is -2.37. The summed E-state index contributed by atoms with van der Waals surface area (Å²) in [6.07, 6.45) is -0.484. The van der Waals surface area contributed by atoms with E-state index in [9.17, 15) is 27.2 Å². The highest BCUT2D eigenvalue weighted by Gasteiger charge is 2.32. The zero-order valence-electron chi connectivity index (χ0n) is 14.2. The Bertz CT molecular complexity index is 968. The maximum atomic E-state index is 14.0. The quantitative estimate of drug-likeness (QED) is 0.617. The van der Waals surface area contributed by atoms with Gasteiger partial charge in [0.2, 0.25) is 5.91 Å². The van der Waals surface area contributed by atoms with Crippen LogP contribution in [0.3, 0.4) is 0 Å². The Balaban J connectivity index is 1.94. The fraction of sp³-hybridized carbons (Fsp3) is 0.167. The summed E-state index contributed by atoms with van der Waals surface area (Å²) in [5, 5.41) is 15.3. The number of aliphatic hydroxyl groups is 1. The van der Waals surface area contributed by atoms with Gasteiger partial charge < -0.3 is 10.4 Å². The maximum Gasteiger partial charge on any atom is 0.271 e. The van der Waals surface area contributed by atoms with Crippen LogP contribution >= 0.6 is 0 Å². The molecule has 0 radical (unpaired) electrons. The molecule has 2 amide bonds. The number of anilines is 2. The van der Waals surface area contributed by atoms with Crippen molar-refractivity contribution in [1.82, 2.24) is 0 Å². The van der Waals surface area contributed by atoms with Crippen molar-refractivity contribution in [1.29, 1.82) is 0 Å². The number of aliphatic hydroxyl groups excluding tert-OH is 1. The van der Waals surface area contributed by atoms with Crippen LogP contribution in [0.15, 0.2) is 35.4 Å². The maximum absolute atomic E-state index is 14.0. The molecule has 1 aliphatic heterocycles. The first-order valence-corrected chi connectivity index (χ1v) is 8.06. The van der Waals surface area contributed by atoms with Crippen LogP contribution in [0.4, 0.5) is 28.9 Å². The minimum absolute atomic E-state index is 0.00801. The molecule has 1 aliphatic rings. The Labute approximate surface area is 156 Å². The lowest BCUT2D eigenvalue weighted by molar-refractivity contribution is -0.118. The van der Waals surface area contributed by atoms with Gasteiger partial charge in [-0.15, -0.1) is 0 Å². The van der Waals surface area contributed by atoms with E-state index >= 15 is 0 Å². The van der Waals surface area contributed by atoms with Crippen molar-refractivity contribution in [2.24, 2.45) is 5.10 Å². The summed E-state index contributed by atoms with van der Waals surface area (Å²) in [5.74, 6) is -8.70. The monoisotopic (exact) mass is 395 g/mol. The third-order valence-corrected chi connectivity index (χ3v) is 3.96. The van der Waals surface area contributed by atoms with Crippen LogP contribution < -0.4 is 10.3 Å². The molecular formula is C18H13F4N3O3. The minimum atomic E-state index is -1.80. The Morgan fingerprint density at radius 1 is 1.11 bits per heavy atom. The fourth-order valence-electron chi connectivity index (χ4n) is 2.59. The van der Waals surface area contributed by atoms with Crippen molar-refractivity contribution in [3.63, 3.8) is 0 Å². The van der Waals surface area contributed by atoms with Crippen LogP contribution in [-0.4, -0.2) is 22.6 Å². The third-order valence-electron chi connectivity index (χ3n) is 3.96. The van der Waals surface area contributed by atoms with Crippen molar-refractivity contribution >= 4 is 28.9 Å². The lowest BCUT2D eigenvalue weighted by Gasteiger charge is -2.24. The van der Waals surface area contributed by atoms with Crippen molar-refractivity contribution in [3.05, 3.63) is 59.2 Å². The first-order valence-electron chi connectivity index (χ1n) is 8.06. The van der Waals surface area contributed by atoms with E-state index in [1.54, 1.807) is 12.1 Å². The number of hydrogen-bond acceptors (Lipinski definition) is 4. The van der Waals surface area contributed by atoms with E-state index in [1.165, 1.54) is 12.1 Å². The van der Waals surface area contributed by atoms with Crippen molar-refractivity contribution < 1.29 is 32.3 Å². The molecule has 1 heterocycles. The first-order chi connectivity index (χ1) is 13.3. The van der Waals surface area contributed by atoms with Crippen LogP contribution in [0.1, 0.15) is 18.4 Å². The zero-order chi connectivity index (χ0) is 20.4. The predicted molar refractivity (Wildman–Crippen MR) is 91.4 cm³/mol. The summed E-state index contributed by atoms with van der Waals surface area (Å²) < 4.78 is 54.9. The summed E-state index contributed by atoms with van der Waals surface area (Å²) in [7, 11) is 0. The molecule has 2 aromatic carbocycles. The molecule has 6 nitrogen and oxygen atoms in total. The number of halogens is 4. The first kappa shape index (κ1) is 19.5. The van der Waals surface area contributed by atoms with Gasteiger partial charge in [0.25, 0.3) is 5.91 Å². The number of rotatable bonds is 4. The number of nitrogens with one attached hydrogen (secondary N) is 1. The van der Waals surface area contributed by atoms with Crippen LogP contribution in [0.25, 0.3) is 0 Å². The topological polar surface area (TPSA) is 82.0 Å². The van der Waals surface area contributed by atoms with Gasteiger partial charge in [-0.05, 0) is 17.7 Å². The largest absolute Gasteiger partial charge is 0.392 e. The van der Waals surface area contributed by atoms with E-state index in [1.807, 2.05) is 0 Å². The van der Waals surface area contributed by atoms with Crippen molar-refractivity contribution in [3.8, 4) is 0 Å². The molecule has 2 N–H and O–H groups in total. The molecule has 28 heavy (non-hydrogen) atoms. The zero-order valence-corrected chi connectivity index (χ0v) is 14.2. The van der Waals surface area contributed by atoms with Crippen molar-refractivity contribution in [2.45, 2.75) is 19.4 Å². The number of hydrogen-bond donors (Lipinski definition) is 2. The number of benzene rings is 2. The lowest BCUT2D eigenvalue weighted by atomic mass is 10.1. The molecule has 2 aromatic rings. The number of carbonyl (C=O) groups is 2. The highest BCUT2D eigenvalue weighted by Crippen LogP contribution is 2.30. The second-order valence-corrected chi connectivity index (χ2v) is 5.88. The summed E-state index contributed by atoms with van der Waals surface area (Å²) in [5.41, 5.74) is -0.747. The summed E-state index contributed by atoms with van der Waals surface area (Å²) in [6, 6.07) is 6.24. The second-order valence-electron chi connectivity index (χ2n) is 5.88. The van der Waals surface area contributed by atoms with Gasteiger partial charge in [-0.2, -0.15) is 10.1 Å². The van der Waals surface area contributed by atoms with Gasteiger partial charge in [0.1, 0.15) is 11.4 Å². The molecule has 0 aromatic heterocycles. The van der Waals surface area contributed by atoms with Crippen LogP contribution in [-0.2, 0) is 16.2 Å². The van der Waals surface area contributed by atoms with Gasteiger partial charge in [-0.1, -0.05) is 12.1 Å². The SMILES string of the molecule is O=C(Nc1cccc(CO)c1)C1=NN(c2c(F)c(F)cc(F)c2F)C(=O)CC1. The van der Waals surface area contributed by atoms with Crippen molar-refractivity contribution in [2.75, 3.05) is 10.3 Å². The van der Waals surface area contributed by atoms with E-state index < -0.39 is 40.8 Å². The van der Waals surface area contributed by atoms with Gasteiger partial charge in [0.05, 0.1) is 6.61 Å². The molecule has 0 aliphatic carbocycles. The molecule has 0 atom stereocenters. The van der Waals surface area contributed by atoms with Crippen LogP contribution in [0.2, 0.25) is 0 Å². The van der Waals surface area contributed by atoms with Gasteiger partial charge in [-0.3, -0.25) is 9.59 Å². The standard InChI is InChI=1S/C18H13F4N3O3/c19-11-7-12(20)16(22)17(15(11)21)25-14(27)5-4-13(24-25)18(28)23-10-3-1-2-9(6-10)8-26/h1-3,6-7,26H,4-5,8H2,(H,23,28). The average molecular weight is 395 g/mol. The molecule has 0 saturated carbocycles. The Morgan fingerprint density at radius 2 is 1.79 bits per heavy atom. The van der Waals surface area contributed by atoms with E-state index in [4.69, 9.17) is 5.11 Å². The Morgan fingerprint density at radius 3 is 2.43 bits per heavy atom. The summed E-state index contributed by atoms with van der Waals surface area (Å²) >= 11 is 0. The average Bonchev–Trinajstić information content (AvgIpc) is 2.68. The van der Waals surface area contributed by atoms with Crippen LogP contribution in [0.5, 0.6) is 0 Å². The Kier molecular flexibility index (Phi) is 5.41. The van der Waals surface area contributed by atoms with Gasteiger partial charge in [-0.25, -0.2) is 17.6 Å². The van der Waals surface area contributed by atoms with Gasteiger partial charge in [0, 0.05) is 24.6 Å². The highest BCUT2D eigenvalue weighted by molar-refractivity contribution is 6.44. The molecule has 146 valence electrons. The van der Waals surface area contributed by atoms with E-state index in [-0.39, 0.29) is 36.2 Å².